The van der Waals surface area contributed by atoms with Crippen LogP contribution in [-0.4, -0.2) is 35.8 Å². The molecule has 3 aromatic rings. The molecule has 1 fully saturated rings. The minimum atomic E-state index is -3.58. The second kappa shape index (κ2) is 9.09. The van der Waals surface area contributed by atoms with Gasteiger partial charge in [-0.3, -0.25) is 4.79 Å². The lowest BCUT2D eigenvalue weighted by molar-refractivity contribution is 0.0998. The minimum Gasteiger partial charge on any atom is -0.319 e. The van der Waals surface area contributed by atoms with E-state index in [4.69, 9.17) is 11.6 Å². The fourth-order valence-electron chi connectivity index (χ4n) is 4.33. The van der Waals surface area contributed by atoms with Crippen molar-refractivity contribution in [3.8, 4) is 0 Å². The second-order valence-corrected chi connectivity index (χ2v) is 11.5. The molecule has 1 aromatic heterocycles. The first-order chi connectivity index (χ1) is 15.2. The van der Waals surface area contributed by atoms with Gasteiger partial charge in [0.05, 0.1) is 15.1 Å². The second-order valence-electron chi connectivity index (χ2n) is 8.13. The molecule has 2 heterocycles. The zero-order valence-electron chi connectivity index (χ0n) is 18.3. The van der Waals surface area contributed by atoms with Crippen molar-refractivity contribution in [2.45, 2.75) is 50.5 Å². The number of sulfonamides is 1. The lowest BCUT2D eigenvalue weighted by Gasteiger charge is -2.34. The summed E-state index contributed by atoms with van der Waals surface area (Å²) >= 11 is 7.55. The quantitative estimate of drug-likeness (QED) is 0.521. The van der Waals surface area contributed by atoms with E-state index in [2.05, 4.69) is 4.99 Å². The Morgan fingerprint density at radius 3 is 2.62 bits per heavy atom. The number of rotatable bonds is 4. The third-order valence-electron chi connectivity index (χ3n) is 6.00. The summed E-state index contributed by atoms with van der Waals surface area (Å²) in [5.41, 5.74) is 2.35. The van der Waals surface area contributed by atoms with E-state index in [1.54, 1.807) is 16.4 Å². The van der Waals surface area contributed by atoms with Crippen molar-refractivity contribution >= 4 is 49.1 Å². The Morgan fingerprint density at radius 2 is 1.94 bits per heavy atom. The number of hydrogen-bond donors (Lipinski definition) is 0. The molecule has 170 valence electrons. The zero-order valence-corrected chi connectivity index (χ0v) is 20.7. The Hall–Kier alpha value is -2.00. The van der Waals surface area contributed by atoms with Crippen molar-refractivity contribution in [3.05, 3.63) is 57.3 Å². The Bertz CT molecular complexity index is 1340. The molecule has 0 spiro atoms. The number of fused-ring (bicyclic) bond motifs is 1. The third-order valence-corrected chi connectivity index (χ3v) is 9.27. The molecule has 0 bridgehead atoms. The van der Waals surface area contributed by atoms with Crippen LogP contribution in [0.15, 0.2) is 46.3 Å². The average molecular weight is 492 g/mol. The van der Waals surface area contributed by atoms with E-state index in [0.717, 1.165) is 41.5 Å². The molecular weight excluding hydrogens is 466 g/mol. The number of piperidine rings is 1. The molecule has 1 saturated heterocycles. The number of halogens is 1. The number of benzene rings is 2. The summed E-state index contributed by atoms with van der Waals surface area (Å²) in [6.45, 7) is 4.53. The van der Waals surface area contributed by atoms with Crippen molar-refractivity contribution in [1.82, 2.24) is 8.87 Å². The molecule has 2 aromatic carbocycles. The SMILES string of the molecule is CCC1CCCCN1S(=O)(=O)c1ccc(C(=O)N=c2sc3cc(Cl)cc(C)c3n2C)cc1. The molecule has 1 aliphatic rings. The first-order valence-electron chi connectivity index (χ1n) is 10.7. The van der Waals surface area contributed by atoms with Gasteiger partial charge in [0.25, 0.3) is 5.91 Å². The van der Waals surface area contributed by atoms with E-state index in [0.29, 0.717) is 21.9 Å². The van der Waals surface area contributed by atoms with Gasteiger partial charge < -0.3 is 4.57 Å². The normalized spacial score (nSPS) is 18.4. The summed E-state index contributed by atoms with van der Waals surface area (Å²) in [5.74, 6) is -0.413. The molecule has 1 amide bonds. The van der Waals surface area contributed by atoms with Crippen LogP contribution in [0.5, 0.6) is 0 Å². The van der Waals surface area contributed by atoms with E-state index < -0.39 is 15.9 Å². The van der Waals surface area contributed by atoms with Crippen LogP contribution in [0.3, 0.4) is 0 Å². The van der Waals surface area contributed by atoms with Crippen LogP contribution in [0.1, 0.15) is 48.5 Å². The molecule has 9 heteroatoms. The van der Waals surface area contributed by atoms with Crippen LogP contribution < -0.4 is 4.80 Å². The maximum absolute atomic E-state index is 13.1. The Morgan fingerprint density at radius 1 is 1.22 bits per heavy atom. The van der Waals surface area contributed by atoms with Gasteiger partial charge in [0.1, 0.15) is 0 Å². The molecule has 1 aliphatic heterocycles. The van der Waals surface area contributed by atoms with E-state index in [9.17, 15) is 13.2 Å². The number of carbonyl (C=O) groups is 1. The van der Waals surface area contributed by atoms with Crippen molar-refractivity contribution in [1.29, 1.82) is 0 Å². The van der Waals surface area contributed by atoms with Crippen LogP contribution in [0.25, 0.3) is 10.2 Å². The van der Waals surface area contributed by atoms with Crippen LogP contribution in [0.4, 0.5) is 0 Å². The van der Waals surface area contributed by atoms with Crippen LogP contribution in [0, 0.1) is 6.92 Å². The van der Waals surface area contributed by atoms with E-state index >= 15 is 0 Å². The minimum absolute atomic E-state index is 0.0370. The molecule has 1 unspecified atom stereocenters. The summed E-state index contributed by atoms with van der Waals surface area (Å²) in [6, 6.07) is 9.88. The highest BCUT2D eigenvalue weighted by Crippen LogP contribution is 2.28. The topological polar surface area (TPSA) is 71.7 Å². The number of nitrogens with zero attached hydrogens (tertiary/aromatic N) is 3. The van der Waals surface area contributed by atoms with Crippen LogP contribution in [-0.2, 0) is 17.1 Å². The van der Waals surface area contributed by atoms with Gasteiger partial charge >= 0.3 is 0 Å². The standard InChI is InChI=1S/C23H26ClN3O3S2/c1-4-18-7-5-6-12-27(18)32(29,30)19-10-8-16(9-11-19)22(28)25-23-26(3)21-15(2)13-17(24)14-20(21)31-23/h8-11,13-14,18H,4-7,12H2,1-3H3. The fraction of sp³-hybridized carbons (Fsp3) is 0.391. The lowest BCUT2D eigenvalue weighted by atomic mass is 10.0. The number of hydrogen-bond acceptors (Lipinski definition) is 4. The van der Waals surface area contributed by atoms with Gasteiger partial charge in [0.2, 0.25) is 10.0 Å². The highest BCUT2D eigenvalue weighted by molar-refractivity contribution is 7.89. The van der Waals surface area contributed by atoms with Gasteiger partial charge in [-0.2, -0.15) is 9.30 Å². The number of aromatic nitrogens is 1. The highest BCUT2D eigenvalue weighted by atomic mass is 35.5. The number of amides is 1. The van der Waals surface area contributed by atoms with E-state index in [-0.39, 0.29) is 10.9 Å². The lowest BCUT2D eigenvalue weighted by Crippen LogP contribution is -2.43. The Labute approximate surface area is 197 Å². The Kier molecular flexibility index (Phi) is 6.58. The maximum atomic E-state index is 13.1. The van der Waals surface area contributed by atoms with Crippen molar-refractivity contribution < 1.29 is 13.2 Å². The first kappa shape index (κ1) is 23.2. The van der Waals surface area contributed by atoms with E-state index in [1.165, 1.54) is 23.5 Å². The molecule has 0 aliphatic carbocycles. The highest BCUT2D eigenvalue weighted by Gasteiger charge is 2.32. The predicted molar refractivity (Wildman–Crippen MR) is 129 cm³/mol. The van der Waals surface area contributed by atoms with Gasteiger partial charge in [0, 0.05) is 30.2 Å². The molecule has 0 saturated carbocycles. The van der Waals surface area contributed by atoms with E-state index in [1.807, 2.05) is 37.6 Å². The molecule has 4 rings (SSSR count). The maximum Gasteiger partial charge on any atom is 0.279 e. The molecular formula is C23H26ClN3O3S2. The van der Waals surface area contributed by atoms with Gasteiger partial charge in [-0.1, -0.05) is 36.3 Å². The summed E-state index contributed by atoms with van der Waals surface area (Å²) in [6.07, 6.45) is 3.62. The third kappa shape index (κ3) is 4.29. The summed E-state index contributed by atoms with van der Waals surface area (Å²) < 4.78 is 30.7. The summed E-state index contributed by atoms with van der Waals surface area (Å²) in [7, 11) is -1.72. The van der Waals surface area contributed by atoms with Crippen LogP contribution >= 0.6 is 22.9 Å². The average Bonchev–Trinajstić information content (AvgIpc) is 3.08. The van der Waals surface area contributed by atoms with Gasteiger partial charge in [-0.25, -0.2) is 8.42 Å². The largest absolute Gasteiger partial charge is 0.319 e. The molecule has 1 atom stereocenters. The number of thiazole rings is 1. The Balaban J connectivity index is 1.64. The van der Waals surface area contributed by atoms with Crippen molar-refractivity contribution in [3.63, 3.8) is 0 Å². The zero-order chi connectivity index (χ0) is 23.0. The van der Waals surface area contributed by atoms with Gasteiger partial charge in [-0.15, -0.1) is 0 Å². The fourth-order valence-corrected chi connectivity index (χ4v) is 7.57. The monoisotopic (exact) mass is 491 g/mol. The first-order valence-corrected chi connectivity index (χ1v) is 13.3. The van der Waals surface area contributed by atoms with Gasteiger partial charge in [-0.05, 0) is 68.1 Å². The van der Waals surface area contributed by atoms with Crippen molar-refractivity contribution in [2.24, 2.45) is 12.0 Å². The number of aryl methyl sites for hydroxylation is 2. The number of carbonyl (C=O) groups excluding carboxylic acids is 1. The van der Waals surface area contributed by atoms with Crippen LogP contribution in [0.2, 0.25) is 5.02 Å². The smallest absolute Gasteiger partial charge is 0.279 e. The molecule has 32 heavy (non-hydrogen) atoms. The van der Waals surface area contributed by atoms with Gasteiger partial charge in [0.15, 0.2) is 4.80 Å². The summed E-state index contributed by atoms with van der Waals surface area (Å²) in [5, 5.41) is 0.644. The summed E-state index contributed by atoms with van der Waals surface area (Å²) in [4.78, 5) is 17.9. The predicted octanol–water partition coefficient (Wildman–Crippen LogP) is 4.90. The molecule has 0 radical (unpaired) electrons. The molecule has 0 N–H and O–H groups in total. The van der Waals surface area contributed by atoms with Crippen molar-refractivity contribution in [2.75, 3.05) is 6.54 Å². The molecule has 6 nitrogen and oxygen atoms in total.